The summed E-state index contributed by atoms with van der Waals surface area (Å²) < 4.78 is 25.3. The summed E-state index contributed by atoms with van der Waals surface area (Å²) in [7, 11) is -1.40. The number of aromatic nitrogens is 3. The van der Waals surface area contributed by atoms with E-state index in [0.717, 1.165) is 22.3 Å². The Labute approximate surface area is 130 Å². The third-order valence-corrected chi connectivity index (χ3v) is 5.63. The van der Waals surface area contributed by atoms with Crippen LogP contribution in [0.25, 0.3) is 10.9 Å². The molecule has 1 unspecified atom stereocenters. The van der Waals surface area contributed by atoms with Crippen molar-refractivity contribution >= 4 is 21.1 Å². The number of fused-ring (bicyclic) bond motifs is 1. The van der Waals surface area contributed by atoms with E-state index in [1.54, 1.807) is 23.0 Å². The number of nitrogens with zero attached hydrogens (tertiary/aromatic N) is 3. The SMILES string of the molecule is Cc1nn(C)c(C)c1C[S+](=O)(O)c1cccc2cccnc12. The van der Waals surface area contributed by atoms with Gasteiger partial charge >= 0.3 is 0 Å². The maximum Gasteiger partial charge on any atom is 0.254 e. The zero-order valence-corrected chi connectivity index (χ0v) is 13.6. The van der Waals surface area contributed by atoms with E-state index >= 15 is 0 Å². The molecular weight excluding hydrogens is 298 g/mol. The van der Waals surface area contributed by atoms with E-state index in [1.165, 1.54) is 0 Å². The van der Waals surface area contributed by atoms with Gasteiger partial charge in [-0.15, -0.1) is 0 Å². The first kappa shape index (κ1) is 14.9. The largest absolute Gasteiger partial charge is 0.272 e. The van der Waals surface area contributed by atoms with Gasteiger partial charge in [0.1, 0.15) is 5.52 Å². The summed E-state index contributed by atoms with van der Waals surface area (Å²) in [6.45, 7) is 3.77. The Morgan fingerprint density at radius 2 is 1.95 bits per heavy atom. The summed E-state index contributed by atoms with van der Waals surface area (Å²) in [6.07, 6.45) is 1.64. The first-order chi connectivity index (χ1) is 10.4. The highest BCUT2D eigenvalue weighted by Crippen LogP contribution is 2.29. The van der Waals surface area contributed by atoms with Gasteiger partial charge in [0.05, 0.1) is 5.69 Å². The van der Waals surface area contributed by atoms with Crippen molar-refractivity contribution in [2.45, 2.75) is 24.5 Å². The molecule has 1 aromatic carbocycles. The van der Waals surface area contributed by atoms with Crippen molar-refractivity contribution in [3.05, 3.63) is 53.5 Å². The molecule has 0 fully saturated rings. The molecule has 0 bridgehead atoms. The van der Waals surface area contributed by atoms with Crippen molar-refractivity contribution in [1.82, 2.24) is 14.8 Å². The van der Waals surface area contributed by atoms with Crippen LogP contribution in [0.1, 0.15) is 17.0 Å². The molecule has 0 saturated carbocycles. The number of hydrogen-bond acceptors (Lipinski definition) is 3. The van der Waals surface area contributed by atoms with Crippen molar-refractivity contribution in [2.75, 3.05) is 0 Å². The van der Waals surface area contributed by atoms with Crippen LogP contribution in [0.4, 0.5) is 0 Å². The summed E-state index contributed by atoms with van der Waals surface area (Å²) in [4.78, 5) is 4.66. The van der Waals surface area contributed by atoms with Gasteiger partial charge in [-0.2, -0.15) is 9.65 Å². The standard InChI is InChI=1S/C16H17N3O2S/c1-11-14(12(2)19(3)18-11)10-22(20,21)15-8-4-6-13-7-5-9-17-16(13)15/h4-9H,10H2,1-3H3/p+1. The Hall–Kier alpha value is -2.05. The van der Waals surface area contributed by atoms with E-state index in [4.69, 9.17) is 0 Å². The maximum atomic E-state index is 13.0. The van der Waals surface area contributed by atoms with Gasteiger partial charge in [-0.25, -0.2) is 0 Å². The Kier molecular flexibility index (Phi) is 3.58. The van der Waals surface area contributed by atoms with Gasteiger partial charge in [-0.05, 0) is 26.0 Å². The highest BCUT2D eigenvalue weighted by atomic mass is 32.3. The van der Waals surface area contributed by atoms with E-state index in [1.807, 2.05) is 39.1 Å². The van der Waals surface area contributed by atoms with Gasteiger partial charge < -0.3 is 0 Å². The van der Waals surface area contributed by atoms with Crippen LogP contribution in [0.2, 0.25) is 0 Å². The molecule has 0 aliphatic rings. The molecule has 0 amide bonds. The molecule has 22 heavy (non-hydrogen) atoms. The zero-order chi connectivity index (χ0) is 15.9. The second-order valence-electron chi connectivity index (χ2n) is 5.39. The minimum Gasteiger partial charge on any atom is -0.272 e. The fourth-order valence-corrected chi connectivity index (χ4v) is 4.36. The topological polar surface area (TPSA) is 68.0 Å². The van der Waals surface area contributed by atoms with Gasteiger partial charge in [0.15, 0.2) is 5.75 Å². The minimum absolute atomic E-state index is 0.0498. The Balaban J connectivity index is 2.11. The third kappa shape index (κ3) is 2.44. The van der Waals surface area contributed by atoms with E-state index in [-0.39, 0.29) is 5.75 Å². The van der Waals surface area contributed by atoms with Gasteiger partial charge in [-0.3, -0.25) is 9.67 Å². The molecule has 6 heteroatoms. The number of aryl methyl sites for hydroxylation is 2. The Morgan fingerprint density at radius 3 is 2.64 bits per heavy atom. The van der Waals surface area contributed by atoms with Crippen molar-refractivity contribution in [2.24, 2.45) is 7.05 Å². The Morgan fingerprint density at radius 1 is 1.23 bits per heavy atom. The van der Waals surface area contributed by atoms with Crippen LogP contribution in [0, 0.1) is 13.8 Å². The Bertz CT molecular complexity index is 896. The predicted octanol–water partition coefficient (Wildman–Crippen LogP) is 3.12. The van der Waals surface area contributed by atoms with Crippen LogP contribution >= 0.6 is 0 Å². The monoisotopic (exact) mass is 316 g/mol. The predicted molar refractivity (Wildman–Crippen MR) is 87.1 cm³/mol. The second-order valence-corrected chi connectivity index (χ2v) is 7.40. The van der Waals surface area contributed by atoms with Crippen LogP contribution in [0.5, 0.6) is 0 Å². The summed E-state index contributed by atoms with van der Waals surface area (Å²) >= 11 is 0. The number of benzene rings is 1. The molecule has 3 aromatic rings. The van der Waals surface area contributed by atoms with Gasteiger partial charge in [-0.1, -0.05) is 22.4 Å². The normalized spacial score (nSPS) is 14.2. The molecule has 1 atom stereocenters. The molecule has 2 heterocycles. The van der Waals surface area contributed by atoms with Crippen molar-refractivity contribution < 1.29 is 8.76 Å². The molecule has 0 spiro atoms. The molecule has 2 aromatic heterocycles. The second kappa shape index (κ2) is 5.30. The highest BCUT2D eigenvalue weighted by molar-refractivity contribution is 7.97. The average Bonchev–Trinajstić information content (AvgIpc) is 2.73. The number of hydrogen-bond donors (Lipinski definition) is 1. The van der Waals surface area contributed by atoms with Gasteiger partial charge in [0.2, 0.25) is 4.90 Å². The lowest BCUT2D eigenvalue weighted by molar-refractivity contribution is 0.496. The lowest BCUT2D eigenvalue weighted by Crippen LogP contribution is -2.15. The molecule has 114 valence electrons. The smallest absolute Gasteiger partial charge is 0.254 e. The molecule has 5 nitrogen and oxygen atoms in total. The number of para-hydroxylation sites is 1. The van der Waals surface area contributed by atoms with E-state index in [9.17, 15) is 8.76 Å². The van der Waals surface area contributed by atoms with Crippen molar-refractivity contribution in [1.29, 1.82) is 0 Å². The first-order valence-electron chi connectivity index (χ1n) is 6.97. The summed E-state index contributed by atoms with van der Waals surface area (Å²) in [5.41, 5.74) is 3.10. The van der Waals surface area contributed by atoms with Crippen LogP contribution < -0.4 is 0 Å². The quantitative estimate of drug-likeness (QED) is 0.754. The molecule has 0 radical (unpaired) electrons. The van der Waals surface area contributed by atoms with Crippen LogP contribution in [0.15, 0.2) is 41.4 Å². The van der Waals surface area contributed by atoms with Crippen molar-refractivity contribution in [3.63, 3.8) is 0 Å². The van der Waals surface area contributed by atoms with E-state index in [0.29, 0.717) is 10.4 Å². The molecule has 3 rings (SSSR count). The summed E-state index contributed by atoms with van der Waals surface area (Å²) in [6, 6.07) is 9.07. The number of pyridine rings is 1. The van der Waals surface area contributed by atoms with Crippen LogP contribution in [-0.4, -0.2) is 19.3 Å². The fourth-order valence-electron chi connectivity index (χ4n) is 2.63. The van der Waals surface area contributed by atoms with Gasteiger partial charge in [0, 0.05) is 29.9 Å². The number of rotatable bonds is 3. The van der Waals surface area contributed by atoms with Crippen molar-refractivity contribution in [3.8, 4) is 0 Å². The molecule has 0 aliphatic heterocycles. The summed E-state index contributed by atoms with van der Waals surface area (Å²) in [5, 5.41) is 5.18. The van der Waals surface area contributed by atoms with E-state index < -0.39 is 10.2 Å². The lowest BCUT2D eigenvalue weighted by Gasteiger charge is -2.07. The van der Waals surface area contributed by atoms with E-state index in [2.05, 4.69) is 10.1 Å². The van der Waals surface area contributed by atoms with Gasteiger partial charge in [0.25, 0.3) is 10.2 Å². The molecule has 0 saturated heterocycles. The summed E-state index contributed by atoms with van der Waals surface area (Å²) in [5.74, 6) is 0.0498. The fraction of sp³-hybridized carbons (Fsp3) is 0.250. The first-order valence-corrected chi connectivity index (χ1v) is 8.66. The molecule has 1 N–H and O–H groups in total. The molecule has 0 aliphatic carbocycles. The highest BCUT2D eigenvalue weighted by Gasteiger charge is 2.34. The van der Waals surface area contributed by atoms with Crippen LogP contribution in [-0.2, 0) is 27.2 Å². The zero-order valence-electron chi connectivity index (χ0n) is 12.8. The lowest BCUT2D eigenvalue weighted by atomic mass is 10.2. The molecular formula is C16H18N3O2S+. The maximum absolute atomic E-state index is 13.0. The van der Waals surface area contributed by atoms with Crippen LogP contribution in [0.3, 0.4) is 0 Å². The average molecular weight is 316 g/mol. The minimum atomic E-state index is -3.24. The third-order valence-electron chi connectivity index (χ3n) is 3.94.